The molecule has 4 nitrogen and oxygen atoms in total. The topological polar surface area (TPSA) is 71.4 Å². The van der Waals surface area contributed by atoms with Gasteiger partial charge >= 0.3 is 5.97 Å². The van der Waals surface area contributed by atoms with Crippen LogP contribution in [0.1, 0.15) is 15.2 Å². The normalized spacial score (nSPS) is 11.4. The van der Waals surface area contributed by atoms with E-state index >= 15 is 0 Å². The van der Waals surface area contributed by atoms with Gasteiger partial charge in [-0.3, -0.25) is 0 Å². The molecule has 0 unspecified atom stereocenters. The van der Waals surface area contributed by atoms with Crippen LogP contribution in [-0.4, -0.2) is 19.5 Å². The molecule has 0 atom stereocenters. The molecule has 0 spiro atoms. The Morgan fingerprint density at radius 1 is 1.32 bits per heavy atom. The van der Waals surface area contributed by atoms with Gasteiger partial charge in [0, 0.05) is 9.35 Å². The molecule has 0 radical (unpaired) electrons. The summed E-state index contributed by atoms with van der Waals surface area (Å²) < 4.78 is 24.7. The molecule has 1 aromatic heterocycles. The summed E-state index contributed by atoms with van der Waals surface area (Å²) >= 11 is 4.44. The number of carboxylic acid groups (broad SMARTS) is 1. The maximum Gasteiger partial charge on any atom is 0.336 e. The van der Waals surface area contributed by atoms with Crippen LogP contribution in [-0.2, 0) is 15.6 Å². The first-order chi connectivity index (χ1) is 8.90. The molecule has 0 bridgehead atoms. The second kappa shape index (κ2) is 5.44. The Kier molecular flexibility index (Phi) is 4.07. The number of carbonyl (C=O) groups is 1. The van der Waals surface area contributed by atoms with Crippen LogP contribution in [0.3, 0.4) is 0 Å². The Bertz CT molecular complexity index is 705. The SMILES string of the molecule is O=C(O)c1cc(S(=O)(=O)Cc2cccs2)ccc1Br. The van der Waals surface area contributed by atoms with E-state index < -0.39 is 15.8 Å². The monoisotopic (exact) mass is 360 g/mol. The molecule has 0 amide bonds. The lowest BCUT2D eigenvalue weighted by molar-refractivity contribution is 0.0695. The minimum atomic E-state index is -3.53. The highest BCUT2D eigenvalue weighted by Crippen LogP contribution is 2.24. The highest BCUT2D eigenvalue weighted by Gasteiger charge is 2.19. The van der Waals surface area contributed by atoms with Crippen molar-refractivity contribution >= 4 is 43.1 Å². The van der Waals surface area contributed by atoms with Crippen molar-refractivity contribution in [1.82, 2.24) is 0 Å². The van der Waals surface area contributed by atoms with E-state index in [2.05, 4.69) is 15.9 Å². The molecular formula is C12H9BrO4S2. The smallest absolute Gasteiger partial charge is 0.336 e. The van der Waals surface area contributed by atoms with Crippen molar-refractivity contribution in [1.29, 1.82) is 0 Å². The first-order valence-electron chi connectivity index (χ1n) is 5.18. The number of benzene rings is 1. The van der Waals surface area contributed by atoms with E-state index in [9.17, 15) is 13.2 Å². The van der Waals surface area contributed by atoms with E-state index in [1.807, 2.05) is 0 Å². The fourth-order valence-electron chi connectivity index (χ4n) is 1.53. The summed E-state index contributed by atoms with van der Waals surface area (Å²) in [7, 11) is -3.53. The van der Waals surface area contributed by atoms with Gasteiger partial charge in [-0.2, -0.15) is 0 Å². The number of hydrogen-bond donors (Lipinski definition) is 1. The van der Waals surface area contributed by atoms with Crippen LogP contribution in [0.15, 0.2) is 45.1 Å². The molecule has 1 heterocycles. The van der Waals surface area contributed by atoms with Crippen LogP contribution in [0.2, 0.25) is 0 Å². The molecule has 0 fully saturated rings. The molecule has 1 aromatic carbocycles. The molecule has 0 aliphatic heterocycles. The lowest BCUT2D eigenvalue weighted by Gasteiger charge is -2.05. The Morgan fingerprint density at radius 2 is 2.05 bits per heavy atom. The zero-order valence-corrected chi connectivity index (χ0v) is 12.8. The molecule has 2 aromatic rings. The lowest BCUT2D eigenvalue weighted by atomic mass is 10.2. The molecular weight excluding hydrogens is 352 g/mol. The van der Waals surface area contributed by atoms with Crippen molar-refractivity contribution in [2.45, 2.75) is 10.6 Å². The summed E-state index contributed by atoms with van der Waals surface area (Å²) in [5, 5.41) is 10.8. The van der Waals surface area contributed by atoms with Crippen molar-refractivity contribution in [2.24, 2.45) is 0 Å². The average molecular weight is 361 g/mol. The van der Waals surface area contributed by atoms with Gasteiger partial charge in [0.15, 0.2) is 9.84 Å². The Balaban J connectivity index is 2.41. The summed E-state index contributed by atoms with van der Waals surface area (Å²) in [6, 6.07) is 7.53. The molecule has 7 heteroatoms. The summed E-state index contributed by atoms with van der Waals surface area (Å²) in [4.78, 5) is 11.7. The first kappa shape index (κ1) is 14.2. The zero-order valence-electron chi connectivity index (χ0n) is 9.54. The molecule has 0 aliphatic rings. The third-order valence-electron chi connectivity index (χ3n) is 2.44. The third kappa shape index (κ3) is 3.23. The molecule has 100 valence electrons. The van der Waals surface area contributed by atoms with Crippen molar-refractivity contribution in [3.8, 4) is 0 Å². The largest absolute Gasteiger partial charge is 0.478 e. The fraction of sp³-hybridized carbons (Fsp3) is 0.0833. The molecule has 0 saturated carbocycles. The van der Waals surface area contributed by atoms with Crippen LogP contribution in [0.25, 0.3) is 0 Å². The van der Waals surface area contributed by atoms with Crippen LogP contribution in [0.4, 0.5) is 0 Å². The number of aromatic carboxylic acids is 1. The first-order valence-corrected chi connectivity index (χ1v) is 8.50. The van der Waals surface area contributed by atoms with Gasteiger partial charge in [0.25, 0.3) is 0 Å². The molecule has 19 heavy (non-hydrogen) atoms. The van der Waals surface area contributed by atoms with Crippen molar-refractivity contribution in [3.05, 3.63) is 50.6 Å². The maximum absolute atomic E-state index is 12.2. The molecule has 0 saturated heterocycles. The number of thiophene rings is 1. The van der Waals surface area contributed by atoms with Crippen molar-refractivity contribution < 1.29 is 18.3 Å². The van der Waals surface area contributed by atoms with E-state index in [-0.39, 0.29) is 16.2 Å². The van der Waals surface area contributed by atoms with E-state index in [0.29, 0.717) is 4.47 Å². The Morgan fingerprint density at radius 3 is 2.63 bits per heavy atom. The third-order valence-corrected chi connectivity index (χ3v) is 5.85. The number of halogens is 1. The minimum absolute atomic E-state index is 0.0153. The Labute approximate surface area is 122 Å². The van der Waals surface area contributed by atoms with Gasteiger partial charge in [0.2, 0.25) is 0 Å². The highest BCUT2D eigenvalue weighted by molar-refractivity contribution is 9.10. The number of hydrogen-bond acceptors (Lipinski definition) is 4. The maximum atomic E-state index is 12.2. The van der Waals surface area contributed by atoms with E-state index in [0.717, 1.165) is 4.88 Å². The van der Waals surface area contributed by atoms with Gasteiger partial charge in [-0.05, 0) is 45.6 Å². The van der Waals surface area contributed by atoms with E-state index in [4.69, 9.17) is 5.11 Å². The molecule has 2 rings (SSSR count). The summed E-state index contributed by atoms with van der Waals surface area (Å²) in [6.07, 6.45) is 0. The van der Waals surface area contributed by atoms with Gasteiger partial charge in [-0.1, -0.05) is 6.07 Å². The van der Waals surface area contributed by atoms with Gasteiger partial charge in [0.05, 0.1) is 16.2 Å². The molecule has 1 N–H and O–H groups in total. The van der Waals surface area contributed by atoms with Crippen LogP contribution in [0, 0.1) is 0 Å². The fourth-order valence-corrected chi connectivity index (χ4v) is 4.38. The van der Waals surface area contributed by atoms with Crippen LogP contribution in [0.5, 0.6) is 0 Å². The van der Waals surface area contributed by atoms with Gasteiger partial charge in [0.1, 0.15) is 0 Å². The zero-order chi connectivity index (χ0) is 14.0. The number of sulfone groups is 1. The second-order valence-electron chi connectivity index (χ2n) is 3.79. The van der Waals surface area contributed by atoms with Crippen LogP contribution >= 0.6 is 27.3 Å². The van der Waals surface area contributed by atoms with Gasteiger partial charge < -0.3 is 5.11 Å². The summed E-state index contributed by atoms with van der Waals surface area (Å²) in [5.74, 6) is -1.29. The average Bonchev–Trinajstić information content (AvgIpc) is 2.80. The van der Waals surface area contributed by atoms with Gasteiger partial charge in [-0.25, -0.2) is 13.2 Å². The van der Waals surface area contributed by atoms with E-state index in [1.54, 1.807) is 17.5 Å². The lowest BCUT2D eigenvalue weighted by Crippen LogP contribution is -2.06. The second-order valence-corrected chi connectivity index (χ2v) is 7.66. The predicted molar refractivity (Wildman–Crippen MR) is 76.3 cm³/mol. The summed E-state index contributed by atoms with van der Waals surface area (Å²) in [5.41, 5.74) is -0.0627. The minimum Gasteiger partial charge on any atom is -0.478 e. The number of rotatable bonds is 4. The highest BCUT2D eigenvalue weighted by atomic mass is 79.9. The Hall–Kier alpha value is -1.18. The number of carboxylic acids is 1. The quantitative estimate of drug-likeness (QED) is 0.908. The predicted octanol–water partition coefficient (Wildman–Crippen LogP) is 3.18. The van der Waals surface area contributed by atoms with Crippen molar-refractivity contribution in [3.63, 3.8) is 0 Å². The molecule has 0 aliphatic carbocycles. The van der Waals surface area contributed by atoms with Crippen molar-refractivity contribution in [2.75, 3.05) is 0 Å². The standard InChI is InChI=1S/C12H9BrO4S2/c13-11-4-3-9(6-10(11)12(14)15)19(16,17)7-8-2-1-5-18-8/h1-6H,7H2,(H,14,15). The van der Waals surface area contributed by atoms with Crippen LogP contribution < -0.4 is 0 Å². The van der Waals surface area contributed by atoms with Gasteiger partial charge in [-0.15, -0.1) is 11.3 Å². The van der Waals surface area contributed by atoms with E-state index in [1.165, 1.54) is 29.5 Å². The summed E-state index contributed by atoms with van der Waals surface area (Å²) in [6.45, 7) is 0.